The van der Waals surface area contributed by atoms with Crippen molar-refractivity contribution in [3.63, 3.8) is 0 Å². The molecule has 0 saturated carbocycles. The molecule has 0 aliphatic heterocycles. The Hall–Kier alpha value is -1.47. The fraction of sp³-hybridized carbons (Fsp3) is 0.273. The van der Waals surface area contributed by atoms with Gasteiger partial charge in [-0.15, -0.1) is 0 Å². The van der Waals surface area contributed by atoms with Crippen molar-refractivity contribution in [2.45, 2.75) is 12.5 Å². The van der Waals surface area contributed by atoms with E-state index in [2.05, 4.69) is 21.2 Å². The molecule has 1 aromatic carbocycles. The van der Waals surface area contributed by atoms with Crippen LogP contribution in [-0.2, 0) is 4.79 Å². The number of carbonyl (C=O) groups is 2. The molecule has 0 saturated heterocycles. The summed E-state index contributed by atoms with van der Waals surface area (Å²) in [5, 5.41) is 19.6. The average molecular weight is 320 g/mol. The molecule has 1 atom stereocenters. The standard InChI is InChI=1S/C11H11BrFNO4/c12-7-3-1-2-6(9(7)13)10(16)14-8(4-5-15)11(17)18/h1-3,8,15H,4-5H2,(H,14,16)(H,17,18)/t8-/m0/s1. The second-order valence-corrected chi connectivity index (χ2v) is 4.33. The van der Waals surface area contributed by atoms with Crippen molar-refractivity contribution in [2.75, 3.05) is 6.61 Å². The molecule has 98 valence electrons. The van der Waals surface area contributed by atoms with Gasteiger partial charge in [0.25, 0.3) is 5.91 Å². The lowest BCUT2D eigenvalue weighted by atomic mass is 10.1. The van der Waals surface area contributed by atoms with Crippen LogP contribution in [0.15, 0.2) is 22.7 Å². The first-order valence-corrected chi connectivity index (χ1v) is 5.85. The number of carboxylic acids is 1. The van der Waals surface area contributed by atoms with Gasteiger partial charge in [-0.1, -0.05) is 6.07 Å². The number of nitrogens with one attached hydrogen (secondary N) is 1. The van der Waals surface area contributed by atoms with E-state index in [4.69, 9.17) is 10.2 Å². The Morgan fingerprint density at radius 2 is 2.11 bits per heavy atom. The van der Waals surface area contributed by atoms with Crippen LogP contribution >= 0.6 is 15.9 Å². The van der Waals surface area contributed by atoms with E-state index in [0.717, 1.165) is 0 Å². The Kier molecular flexibility index (Phi) is 5.24. The van der Waals surface area contributed by atoms with Crippen molar-refractivity contribution in [1.82, 2.24) is 5.32 Å². The number of carbonyl (C=O) groups excluding carboxylic acids is 1. The van der Waals surface area contributed by atoms with Crippen molar-refractivity contribution >= 4 is 27.8 Å². The summed E-state index contributed by atoms with van der Waals surface area (Å²) < 4.78 is 13.7. The Morgan fingerprint density at radius 1 is 1.44 bits per heavy atom. The molecular formula is C11H11BrFNO4. The summed E-state index contributed by atoms with van der Waals surface area (Å²) in [5.74, 6) is -2.88. The molecule has 5 nitrogen and oxygen atoms in total. The van der Waals surface area contributed by atoms with Gasteiger partial charge in [-0.2, -0.15) is 0 Å². The van der Waals surface area contributed by atoms with Crippen LogP contribution in [0.3, 0.4) is 0 Å². The van der Waals surface area contributed by atoms with Gasteiger partial charge in [0, 0.05) is 13.0 Å². The maximum atomic E-state index is 13.6. The van der Waals surface area contributed by atoms with E-state index >= 15 is 0 Å². The van der Waals surface area contributed by atoms with Crippen LogP contribution in [0.1, 0.15) is 16.8 Å². The molecule has 0 aliphatic carbocycles. The third-order valence-electron chi connectivity index (χ3n) is 2.22. The highest BCUT2D eigenvalue weighted by Gasteiger charge is 2.22. The highest BCUT2D eigenvalue weighted by molar-refractivity contribution is 9.10. The lowest BCUT2D eigenvalue weighted by Crippen LogP contribution is -2.41. The molecule has 0 aromatic heterocycles. The van der Waals surface area contributed by atoms with Gasteiger partial charge < -0.3 is 15.5 Å². The highest BCUT2D eigenvalue weighted by Crippen LogP contribution is 2.18. The zero-order valence-corrected chi connectivity index (χ0v) is 10.8. The molecule has 0 heterocycles. The molecule has 0 radical (unpaired) electrons. The molecule has 0 aliphatic rings. The molecule has 3 N–H and O–H groups in total. The van der Waals surface area contributed by atoms with Crippen LogP contribution < -0.4 is 5.32 Å². The predicted octanol–water partition coefficient (Wildman–Crippen LogP) is 1.15. The van der Waals surface area contributed by atoms with Gasteiger partial charge >= 0.3 is 5.97 Å². The third-order valence-corrected chi connectivity index (χ3v) is 2.83. The average Bonchev–Trinajstić information content (AvgIpc) is 2.31. The lowest BCUT2D eigenvalue weighted by Gasteiger charge is -2.13. The Labute approximate surface area is 111 Å². The quantitative estimate of drug-likeness (QED) is 0.760. The van der Waals surface area contributed by atoms with E-state index in [-0.39, 0.29) is 16.5 Å². The minimum Gasteiger partial charge on any atom is -0.480 e. The molecule has 1 aromatic rings. The SMILES string of the molecule is O=C(N[C@@H](CCO)C(=O)O)c1cccc(Br)c1F. The topological polar surface area (TPSA) is 86.6 Å². The summed E-state index contributed by atoms with van der Waals surface area (Å²) in [6.07, 6.45) is -0.142. The van der Waals surface area contributed by atoms with Crippen LogP contribution in [0, 0.1) is 5.82 Å². The van der Waals surface area contributed by atoms with Gasteiger partial charge in [0.1, 0.15) is 11.9 Å². The third kappa shape index (κ3) is 3.51. The number of rotatable bonds is 5. The number of aliphatic hydroxyl groups excluding tert-OH is 1. The molecule has 0 bridgehead atoms. The molecule has 7 heteroatoms. The van der Waals surface area contributed by atoms with Crippen molar-refractivity contribution in [3.8, 4) is 0 Å². The summed E-state index contributed by atoms with van der Waals surface area (Å²) in [7, 11) is 0. The van der Waals surface area contributed by atoms with Gasteiger partial charge in [-0.05, 0) is 28.1 Å². The van der Waals surface area contributed by atoms with Crippen LogP contribution in [-0.4, -0.2) is 34.7 Å². The van der Waals surface area contributed by atoms with Crippen LogP contribution in [0.25, 0.3) is 0 Å². The Morgan fingerprint density at radius 3 is 2.67 bits per heavy atom. The molecule has 1 rings (SSSR count). The summed E-state index contributed by atoms with van der Waals surface area (Å²) in [4.78, 5) is 22.5. The zero-order valence-electron chi connectivity index (χ0n) is 9.19. The number of hydrogen-bond acceptors (Lipinski definition) is 3. The number of benzene rings is 1. The fourth-order valence-electron chi connectivity index (χ4n) is 1.30. The van der Waals surface area contributed by atoms with Gasteiger partial charge in [0.05, 0.1) is 10.0 Å². The number of carboxylic acid groups (broad SMARTS) is 1. The van der Waals surface area contributed by atoms with E-state index in [1.807, 2.05) is 0 Å². The largest absolute Gasteiger partial charge is 0.480 e. The molecule has 18 heavy (non-hydrogen) atoms. The first kappa shape index (κ1) is 14.6. The lowest BCUT2D eigenvalue weighted by molar-refractivity contribution is -0.139. The number of halogens is 2. The van der Waals surface area contributed by atoms with E-state index < -0.39 is 30.3 Å². The summed E-state index contributed by atoms with van der Waals surface area (Å²) >= 11 is 2.93. The number of hydrogen-bond donors (Lipinski definition) is 3. The van der Waals surface area contributed by atoms with E-state index in [9.17, 15) is 14.0 Å². The molecule has 0 unspecified atom stereocenters. The smallest absolute Gasteiger partial charge is 0.326 e. The van der Waals surface area contributed by atoms with Crippen LogP contribution in [0.4, 0.5) is 4.39 Å². The number of aliphatic carboxylic acids is 1. The second-order valence-electron chi connectivity index (χ2n) is 3.48. The molecule has 0 fully saturated rings. The van der Waals surface area contributed by atoms with Crippen LogP contribution in [0.5, 0.6) is 0 Å². The van der Waals surface area contributed by atoms with Gasteiger partial charge in [0.15, 0.2) is 0 Å². The number of aliphatic hydroxyl groups is 1. The van der Waals surface area contributed by atoms with Crippen molar-refractivity contribution in [1.29, 1.82) is 0 Å². The van der Waals surface area contributed by atoms with Crippen molar-refractivity contribution in [3.05, 3.63) is 34.1 Å². The van der Waals surface area contributed by atoms with Gasteiger partial charge in [-0.3, -0.25) is 4.79 Å². The zero-order chi connectivity index (χ0) is 13.7. The maximum Gasteiger partial charge on any atom is 0.326 e. The monoisotopic (exact) mass is 319 g/mol. The fourth-order valence-corrected chi connectivity index (χ4v) is 1.67. The minimum absolute atomic E-state index is 0.115. The summed E-state index contributed by atoms with van der Waals surface area (Å²) in [5.41, 5.74) is -0.256. The Bertz CT molecular complexity index is 466. The van der Waals surface area contributed by atoms with E-state index in [0.29, 0.717) is 0 Å². The number of amides is 1. The van der Waals surface area contributed by atoms with E-state index in [1.165, 1.54) is 18.2 Å². The summed E-state index contributed by atoms with van der Waals surface area (Å²) in [6.45, 7) is -0.391. The normalized spacial score (nSPS) is 11.9. The maximum absolute atomic E-state index is 13.6. The molecule has 0 spiro atoms. The highest BCUT2D eigenvalue weighted by atomic mass is 79.9. The van der Waals surface area contributed by atoms with Gasteiger partial charge in [-0.25, -0.2) is 9.18 Å². The molecule has 1 amide bonds. The first-order valence-electron chi connectivity index (χ1n) is 5.06. The Balaban J connectivity index is 2.87. The van der Waals surface area contributed by atoms with Crippen LogP contribution in [0.2, 0.25) is 0 Å². The first-order chi connectivity index (χ1) is 8.47. The minimum atomic E-state index is -1.28. The van der Waals surface area contributed by atoms with Crippen molar-refractivity contribution < 1.29 is 24.2 Å². The second kappa shape index (κ2) is 6.46. The summed E-state index contributed by atoms with van der Waals surface area (Å²) in [6, 6.07) is 2.88. The van der Waals surface area contributed by atoms with Gasteiger partial charge in [0.2, 0.25) is 0 Å². The predicted molar refractivity (Wildman–Crippen MR) is 64.7 cm³/mol. The molecular weight excluding hydrogens is 309 g/mol. The van der Waals surface area contributed by atoms with Crippen molar-refractivity contribution in [2.24, 2.45) is 0 Å². The van der Waals surface area contributed by atoms with E-state index in [1.54, 1.807) is 0 Å².